The highest BCUT2D eigenvalue weighted by atomic mass is 35.5. The molecule has 158 valence electrons. The second-order valence-electron chi connectivity index (χ2n) is 7.08. The smallest absolute Gasteiger partial charge is 0.220 e. The Morgan fingerprint density at radius 3 is 2.83 bits per heavy atom. The van der Waals surface area contributed by atoms with Crippen LogP contribution in [-0.2, 0) is 16.0 Å². The van der Waals surface area contributed by atoms with Crippen LogP contribution in [0.25, 0.3) is 11.3 Å². The van der Waals surface area contributed by atoms with Gasteiger partial charge >= 0.3 is 0 Å². The number of halogens is 1. The zero-order valence-corrected chi connectivity index (χ0v) is 18.1. The fraction of sp³-hybridized carbons (Fsp3) is 0.364. The van der Waals surface area contributed by atoms with Crippen LogP contribution >= 0.6 is 22.9 Å². The Bertz CT molecular complexity index is 954. The van der Waals surface area contributed by atoms with E-state index in [0.717, 1.165) is 31.9 Å². The Balaban J connectivity index is 1.30. The van der Waals surface area contributed by atoms with Gasteiger partial charge in [-0.2, -0.15) is 0 Å². The van der Waals surface area contributed by atoms with E-state index in [1.54, 1.807) is 17.5 Å². The van der Waals surface area contributed by atoms with Crippen LogP contribution in [0.5, 0.6) is 0 Å². The third-order valence-corrected chi connectivity index (χ3v) is 6.41. The van der Waals surface area contributed by atoms with Crippen molar-refractivity contribution in [2.75, 3.05) is 32.8 Å². The normalized spacial score (nSPS) is 15.8. The van der Waals surface area contributed by atoms with Gasteiger partial charge in [0.1, 0.15) is 0 Å². The van der Waals surface area contributed by atoms with Crippen LogP contribution in [0.1, 0.15) is 23.2 Å². The van der Waals surface area contributed by atoms with Gasteiger partial charge in [0.2, 0.25) is 5.91 Å². The third-order valence-electron chi connectivity index (χ3n) is 5.11. The van der Waals surface area contributed by atoms with E-state index in [1.165, 1.54) is 4.88 Å². The molecular formula is C22H24ClN3O3S. The fourth-order valence-corrected chi connectivity index (χ4v) is 4.60. The van der Waals surface area contributed by atoms with Gasteiger partial charge in [0.05, 0.1) is 30.5 Å². The monoisotopic (exact) mass is 445 g/mol. The molecule has 1 atom stereocenters. The second-order valence-corrected chi connectivity index (χ2v) is 8.47. The van der Waals surface area contributed by atoms with Gasteiger partial charge in [-0.25, -0.2) is 4.98 Å². The predicted molar refractivity (Wildman–Crippen MR) is 118 cm³/mol. The first-order valence-corrected chi connectivity index (χ1v) is 11.3. The molecule has 8 heteroatoms. The minimum Gasteiger partial charge on any atom is -0.441 e. The van der Waals surface area contributed by atoms with Gasteiger partial charge in [0, 0.05) is 42.9 Å². The molecule has 1 N–H and O–H groups in total. The van der Waals surface area contributed by atoms with Crippen molar-refractivity contribution in [3.63, 3.8) is 0 Å². The highest BCUT2D eigenvalue weighted by molar-refractivity contribution is 7.10. The SMILES string of the molecule is O=C(CCc1ncc(-c2ccccc2Cl)o1)NC[C@@H](c1cccs1)N1CCOCC1. The van der Waals surface area contributed by atoms with Crippen LogP contribution in [0.3, 0.4) is 0 Å². The number of thiophene rings is 1. The number of carbonyl (C=O) groups excluding carboxylic acids is 1. The molecule has 30 heavy (non-hydrogen) atoms. The van der Waals surface area contributed by atoms with Crippen LogP contribution in [0.4, 0.5) is 0 Å². The Morgan fingerprint density at radius 2 is 2.07 bits per heavy atom. The molecule has 0 unspecified atom stereocenters. The minimum atomic E-state index is -0.0118. The molecular weight excluding hydrogens is 422 g/mol. The highest BCUT2D eigenvalue weighted by Crippen LogP contribution is 2.28. The summed E-state index contributed by atoms with van der Waals surface area (Å²) in [7, 11) is 0. The van der Waals surface area contributed by atoms with Crippen molar-refractivity contribution in [3.05, 3.63) is 63.8 Å². The number of amides is 1. The molecule has 0 aliphatic carbocycles. The average molecular weight is 446 g/mol. The maximum Gasteiger partial charge on any atom is 0.220 e. The molecule has 3 aromatic rings. The molecule has 0 spiro atoms. The summed E-state index contributed by atoms with van der Waals surface area (Å²) >= 11 is 7.93. The average Bonchev–Trinajstić information content (AvgIpc) is 3.46. The maximum absolute atomic E-state index is 12.5. The van der Waals surface area contributed by atoms with Crippen molar-refractivity contribution in [1.82, 2.24) is 15.2 Å². The topological polar surface area (TPSA) is 67.6 Å². The molecule has 0 bridgehead atoms. The van der Waals surface area contributed by atoms with Gasteiger partial charge in [-0.05, 0) is 23.6 Å². The van der Waals surface area contributed by atoms with Crippen molar-refractivity contribution >= 4 is 28.8 Å². The lowest BCUT2D eigenvalue weighted by Crippen LogP contribution is -2.43. The van der Waals surface area contributed by atoms with E-state index in [-0.39, 0.29) is 11.9 Å². The lowest BCUT2D eigenvalue weighted by Gasteiger charge is -2.34. The van der Waals surface area contributed by atoms with Crippen molar-refractivity contribution in [2.45, 2.75) is 18.9 Å². The number of nitrogens with one attached hydrogen (secondary N) is 1. The van der Waals surface area contributed by atoms with E-state index in [4.69, 9.17) is 20.8 Å². The minimum absolute atomic E-state index is 0.0118. The van der Waals surface area contributed by atoms with E-state index in [0.29, 0.717) is 36.1 Å². The van der Waals surface area contributed by atoms with Crippen LogP contribution in [0.15, 0.2) is 52.4 Å². The standard InChI is InChI=1S/C22H24ClN3O3S/c23-17-5-2-1-4-16(17)19-15-25-22(29-19)8-7-21(27)24-14-18(20-6-3-13-30-20)26-9-11-28-12-10-26/h1-6,13,15,18H,7-12,14H2,(H,24,27)/t18-/m0/s1. The van der Waals surface area contributed by atoms with Gasteiger partial charge in [0.25, 0.3) is 0 Å². The molecule has 1 aliphatic heterocycles. The molecule has 1 amide bonds. The van der Waals surface area contributed by atoms with E-state index in [2.05, 4.69) is 32.7 Å². The van der Waals surface area contributed by atoms with Crippen molar-refractivity contribution < 1.29 is 13.9 Å². The van der Waals surface area contributed by atoms with Gasteiger partial charge in [-0.3, -0.25) is 9.69 Å². The van der Waals surface area contributed by atoms with E-state index in [9.17, 15) is 4.79 Å². The lowest BCUT2D eigenvalue weighted by atomic mass is 10.2. The largest absolute Gasteiger partial charge is 0.441 e. The van der Waals surface area contributed by atoms with E-state index >= 15 is 0 Å². The second kappa shape index (κ2) is 10.2. The molecule has 1 saturated heterocycles. The number of aromatic nitrogens is 1. The summed E-state index contributed by atoms with van der Waals surface area (Å²) in [6, 6.07) is 11.8. The van der Waals surface area contributed by atoms with Gasteiger partial charge in [0.15, 0.2) is 11.7 Å². The molecule has 2 aromatic heterocycles. The molecule has 0 saturated carbocycles. The van der Waals surface area contributed by atoms with Crippen LogP contribution in [0.2, 0.25) is 5.02 Å². The number of rotatable bonds is 8. The molecule has 0 radical (unpaired) electrons. The number of nitrogens with zero attached hydrogens (tertiary/aromatic N) is 2. The Kier molecular flexibility index (Phi) is 7.17. The van der Waals surface area contributed by atoms with E-state index < -0.39 is 0 Å². The predicted octanol–water partition coefficient (Wildman–Crippen LogP) is 4.18. The number of hydrogen-bond donors (Lipinski definition) is 1. The zero-order valence-electron chi connectivity index (χ0n) is 16.6. The first-order valence-electron chi connectivity index (χ1n) is 10.0. The first kappa shape index (κ1) is 21.1. The summed E-state index contributed by atoms with van der Waals surface area (Å²) < 4.78 is 11.3. The molecule has 1 aliphatic rings. The Labute approximate surface area is 184 Å². The number of benzene rings is 1. The lowest BCUT2D eigenvalue weighted by molar-refractivity contribution is -0.121. The molecule has 6 nitrogen and oxygen atoms in total. The van der Waals surface area contributed by atoms with E-state index in [1.807, 2.05) is 24.3 Å². The highest BCUT2D eigenvalue weighted by Gasteiger charge is 2.24. The van der Waals surface area contributed by atoms with Gasteiger partial charge in [-0.1, -0.05) is 29.8 Å². The van der Waals surface area contributed by atoms with Crippen molar-refractivity contribution in [3.8, 4) is 11.3 Å². The zero-order chi connectivity index (χ0) is 20.8. The first-order chi connectivity index (χ1) is 14.7. The number of aryl methyl sites for hydroxylation is 1. The van der Waals surface area contributed by atoms with Crippen molar-refractivity contribution in [2.24, 2.45) is 0 Å². The molecule has 1 fully saturated rings. The summed E-state index contributed by atoms with van der Waals surface area (Å²) in [5, 5.41) is 5.77. The van der Waals surface area contributed by atoms with Crippen LogP contribution in [0, 0.1) is 0 Å². The van der Waals surface area contributed by atoms with Crippen molar-refractivity contribution in [1.29, 1.82) is 0 Å². The number of oxazole rings is 1. The summed E-state index contributed by atoms with van der Waals surface area (Å²) in [5.74, 6) is 1.13. The third kappa shape index (κ3) is 5.29. The van der Waals surface area contributed by atoms with Gasteiger partial charge < -0.3 is 14.5 Å². The van der Waals surface area contributed by atoms with Crippen LogP contribution < -0.4 is 5.32 Å². The summed E-state index contributed by atoms with van der Waals surface area (Å²) in [6.07, 6.45) is 2.42. The van der Waals surface area contributed by atoms with Gasteiger partial charge in [-0.15, -0.1) is 11.3 Å². The quantitative estimate of drug-likeness (QED) is 0.563. The Morgan fingerprint density at radius 1 is 1.23 bits per heavy atom. The number of ether oxygens (including phenoxy) is 1. The summed E-state index contributed by atoms with van der Waals surface area (Å²) in [4.78, 5) is 20.4. The number of hydrogen-bond acceptors (Lipinski definition) is 6. The fourth-order valence-electron chi connectivity index (χ4n) is 3.51. The number of carbonyl (C=O) groups is 1. The summed E-state index contributed by atoms with van der Waals surface area (Å²) in [6.45, 7) is 3.79. The molecule has 1 aromatic carbocycles. The summed E-state index contributed by atoms with van der Waals surface area (Å²) in [5.41, 5.74) is 0.798. The van der Waals surface area contributed by atoms with Crippen LogP contribution in [-0.4, -0.2) is 48.6 Å². The molecule has 3 heterocycles. The molecule has 4 rings (SSSR count). The Hall–Kier alpha value is -2.19. The maximum atomic E-state index is 12.5. The number of morpholine rings is 1.